The Bertz CT molecular complexity index is 216. The Morgan fingerprint density at radius 3 is 1.50 bits per heavy atom. The third-order valence-corrected chi connectivity index (χ3v) is 0.886. The summed E-state index contributed by atoms with van der Waals surface area (Å²) in [7, 11) is 0. The van der Waals surface area contributed by atoms with E-state index in [1.54, 1.807) is 0 Å². The second kappa shape index (κ2) is 7.95. The molecule has 0 fully saturated rings. The van der Waals surface area contributed by atoms with Crippen molar-refractivity contribution >= 4 is 17.9 Å². The zero-order valence-corrected chi connectivity index (χ0v) is 7.21. The van der Waals surface area contributed by atoms with Crippen LogP contribution in [0.5, 0.6) is 0 Å². The Hall–Kier alpha value is -1.67. The standard InChI is InChI=1S/C4H7NO4.C2H5NO2/c5-2(4(8)9)1-3(6)7;3-1-2(4)5/h2H,1,5H2,(H,6,7)(H,8,9);1,3H2,(H,4,5). The topological polar surface area (TPSA) is 164 Å². The Balaban J connectivity index is 0. The van der Waals surface area contributed by atoms with Crippen molar-refractivity contribution in [1.29, 1.82) is 0 Å². The molecular formula is C6H12N2O6. The first-order chi connectivity index (χ1) is 6.31. The lowest BCUT2D eigenvalue weighted by Crippen LogP contribution is -2.32. The molecule has 0 aliphatic rings. The minimum Gasteiger partial charge on any atom is -0.481 e. The van der Waals surface area contributed by atoms with Crippen LogP contribution in [-0.4, -0.2) is 45.8 Å². The SMILES string of the molecule is NC(CC(=O)O)C(=O)O.NCC(=O)O. The highest BCUT2D eigenvalue weighted by Gasteiger charge is 2.14. The van der Waals surface area contributed by atoms with Crippen LogP contribution in [0.1, 0.15) is 6.42 Å². The molecule has 0 aromatic rings. The number of hydrogen-bond donors (Lipinski definition) is 5. The van der Waals surface area contributed by atoms with Crippen LogP contribution in [0.3, 0.4) is 0 Å². The van der Waals surface area contributed by atoms with Gasteiger partial charge in [0, 0.05) is 0 Å². The average Bonchev–Trinajstić information content (AvgIpc) is 2.04. The summed E-state index contributed by atoms with van der Waals surface area (Å²) in [5, 5.41) is 23.6. The van der Waals surface area contributed by atoms with Gasteiger partial charge in [0.2, 0.25) is 0 Å². The Morgan fingerprint density at radius 1 is 1.07 bits per heavy atom. The van der Waals surface area contributed by atoms with E-state index in [0.29, 0.717) is 0 Å². The van der Waals surface area contributed by atoms with Gasteiger partial charge in [-0.3, -0.25) is 14.4 Å². The van der Waals surface area contributed by atoms with Crippen LogP contribution < -0.4 is 11.5 Å². The Labute approximate surface area is 79.1 Å². The molecule has 1 unspecified atom stereocenters. The summed E-state index contributed by atoms with van der Waals surface area (Å²) >= 11 is 0. The molecule has 0 bridgehead atoms. The number of hydrogen-bond acceptors (Lipinski definition) is 5. The van der Waals surface area contributed by atoms with E-state index in [1.807, 2.05) is 0 Å². The van der Waals surface area contributed by atoms with Gasteiger partial charge < -0.3 is 26.8 Å². The van der Waals surface area contributed by atoms with Crippen molar-refractivity contribution < 1.29 is 29.7 Å². The molecule has 1 atom stereocenters. The summed E-state index contributed by atoms with van der Waals surface area (Å²) in [5.74, 6) is -3.47. The van der Waals surface area contributed by atoms with E-state index >= 15 is 0 Å². The first-order valence-corrected chi connectivity index (χ1v) is 3.43. The quantitative estimate of drug-likeness (QED) is 0.350. The minimum atomic E-state index is -1.29. The van der Waals surface area contributed by atoms with Gasteiger partial charge in [-0.15, -0.1) is 0 Å². The number of carboxylic acids is 3. The van der Waals surface area contributed by atoms with Crippen molar-refractivity contribution in [3.63, 3.8) is 0 Å². The predicted octanol–water partition coefficient (Wildman–Crippen LogP) is -2.10. The second-order valence-electron chi connectivity index (χ2n) is 2.14. The number of nitrogens with two attached hydrogens (primary N) is 2. The molecule has 0 heterocycles. The van der Waals surface area contributed by atoms with Gasteiger partial charge in [-0.25, -0.2) is 0 Å². The lowest BCUT2D eigenvalue weighted by atomic mass is 10.2. The maximum atomic E-state index is 9.85. The van der Waals surface area contributed by atoms with Gasteiger partial charge in [-0.05, 0) is 0 Å². The van der Waals surface area contributed by atoms with Gasteiger partial charge >= 0.3 is 17.9 Å². The van der Waals surface area contributed by atoms with E-state index in [4.69, 9.17) is 21.1 Å². The first kappa shape index (κ1) is 14.8. The van der Waals surface area contributed by atoms with Gasteiger partial charge in [0.25, 0.3) is 0 Å². The van der Waals surface area contributed by atoms with E-state index in [0.717, 1.165) is 0 Å². The molecule has 7 N–H and O–H groups in total. The van der Waals surface area contributed by atoms with Crippen molar-refractivity contribution in [3.05, 3.63) is 0 Å². The van der Waals surface area contributed by atoms with E-state index in [9.17, 15) is 14.4 Å². The van der Waals surface area contributed by atoms with Crippen molar-refractivity contribution in [2.75, 3.05) is 6.54 Å². The molecule has 8 nitrogen and oxygen atoms in total. The van der Waals surface area contributed by atoms with Gasteiger partial charge in [-0.1, -0.05) is 0 Å². The number of rotatable bonds is 4. The zero-order chi connectivity index (χ0) is 11.7. The van der Waals surface area contributed by atoms with Crippen LogP contribution in [0.4, 0.5) is 0 Å². The fraction of sp³-hybridized carbons (Fsp3) is 0.500. The number of aliphatic carboxylic acids is 3. The average molecular weight is 208 g/mol. The summed E-state index contributed by atoms with van der Waals surface area (Å²) in [6.07, 6.45) is -0.532. The summed E-state index contributed by atoms with van der Waals surface area (Å²) in [5.41, 5.74) is 9.41. The van der Waals surface area contributed by atoms with E-state index in [2.05, 4.69) is 5.73 Å². The van der Waals surface area contributed by atoms with Crippen molar-refractivity contribution in [2.24, 2.45) is 11.5 Å². The van der Waals surface area contributed by atoms with E-state index in [1.165, 1.54) is 0 Å². The molecule has 14 heavy (non-hydrogen) atoms. The lowest BCUT2D eigenvalue weighted by molar-refractivity contribution is -0.144. The second-order valence-corrected chi connectivity index (χ2v) is 2.14. The van der Waals surface area contributed by atoms with Gasteiger partial charge in [0.15, 0.2) is 0 Å². The van der Waals surface area contributed by atoms with E-state index < -0.39 is 30.4 Å². The maximum absolute atomic E-state index is 9.85. The highest BCUT2D eigenvalue weighted by Crippen LogP contribution is 1.86. The van der Waals surface area contributed by atoms with Gasteiger partial charge in [0.1, 0.15) is 6.04 Å². The summed E-state index contributed by atoms with van der Waals surface area (Å²) in [6, 6.07) is -1.29. The molecule has 0 aromatic heterocycles. The van der Waals surface area contributed by atoms with Gasteiger partial charge in [-0.2, -0.15) is 0 Å². The fourth-order valence-electron chi connectivity index (χ4n) is 0.275. The summed E-state index contributed by atoms with van der Waals surface area (Å²) in [4.78, 5) is 28.9. The number of carbonyl (C=O) groups is 3. The third-order valence-electron chi connectivity index (χ3n) is 0.886. The minimum absolute atomic E-state index is 0.278. The molecule has 82 valence electrons. The molecule has 0 radical (unpaired) electrons. The first-order valence-electron chi connectivity index (χ1n) is 3.43. The molecular weight excluding hydrogens is 196 g/mol. The normalized spacial score (nSPS) is 10.7. The molecule has 0 aliphatic carbocycles. The molecule has 0 amide bonds. The van der Waals surface area contributed by atoms with E-state index in [-0.39, 0.29) is 6.54 Å². The van der Waals surface area contributed by atoms with Crippen LogP contribution in [0.25, 0.3) is 0 Å². The summed E-state index contributed by atoms with van der Waals surface area (Å²) in [6.45, 7) is -0.278. The largest absolute Gasteiger partial charge is 0.481 e. The lowest BCUT2D eigenvalue weighted by Gasteiger charge is -1.99. The molecule has 0 saturated carbocycles. The number of carboxylic acid groups (broad SMARTS) is 3. The summed E-state index contributed by atoms with van der Waals surface area (Å²) < 4.78 is 0. The molecule has 0 spiro atoms. The fourth-order valence-corrected chi connectivity index (χ4v) is 0.275. The van der Waals surface area contributed by atoms with Gasteiger partial charge in [0.05, 0.1) is 13.0 Å². The third kappa shape index (κ3) is 13.0. The van der Waals surface area contributed by atoms with Crippen LogP contribution in [-0.2, 0) is 14.4 Å². The Morgan fingerprint density at radius 2 is 1.43 bits per heavy atom. The van der Waals surface area contributed by atoms with Crippen LogP contribution in [0.15, 0.2) is 0 Å². The molecule has 0 saturated heterocycles. The molecule has 0 rings (SSSR count). The van der Waals surface area contributed by atoms with Crippen LogP contribution >= 0.6 is 0 Å². The smallest absolute Gasteiger partial charge is 0.321 e. The van der Waals surface area contributed by atoms with Crippen LogP contribution in [0.2, 0.25) is 0 Å². The molecule has 0 aromatic carbocycles. The van der Waals surface area contributed by atoms with Crippen molar-refractivity contribution in [1.82, 2.24) is 0 Å². The van der Waals surface area contributed by atoms with Crippen molar-refractivity contribution in [2.45, 2.75) is 12.5 Å². The Kier molecular flexibility index (Phi) is 8.43. The zero-order valence-electron chi connectivity index (χ0n) is 7.21. The maximum Gasteiger partial charge on any atom is 0.321 e. The molecule has 8 heteroatoms. The van der Waals surface area contributed by atoms with Crippen molar-refractivity contribution in [3.8, 4) is 0 Å². The predicted molar refractivity (Wildman–Crippen MR) is 44.6 cm³/mol. The van der Waals surface area contributed by atoms with Crippen LogP contribution in [0, 0.1) is 0 Å². The monoisotopic (exact) mass is 208 g/mol. The highest BCUT2D eigenvalue weighted by molar-refractivity contribution is 5.80. The molecule has 0 aliphatic heterocycles. The highest BCUT2D eigenvalue weighted by atomic mass is 16.4.